The van der Waals surface area contributed by atoms with Gasteiger partial charge in [-0.1, -0.05) is 48.5 Å². The molecular formula is C25H29N3O4. The van der Waals surface area contributed by atoms with Gasteiger partial charge >= 0.3 is 6.03 Å². The Bertz CT molecular complexity index is 1010. The second-order valence-corrected chi connectivity index (χ2v) is 8.86. The monoisotopic (exact) mass is 435 g/mol. The summed E-state index contributed by atoms with van der Waals surface area (Å²) in [4.78, 5) is 39.1. The van der Waals surface area contributed by atoms with Gasteiger partial charge in [0.25, 0.3) is 5.91 Å². The predicted molar refractivity (Wildman–Crippen MR) is 120 cm³/mol. The van der Waals surface area contributed by atoms with Crippen molar-refractivity contribution < 1.29 is 19.1 Å². The lowest BCUT2D eigenvalue weighted by Crippen LogP contribution is -2.47. The van der Waals surface area contributed by atoms with Gasteiger partial charge in [-0.05, 0) is 56.2 Å². The van der Waals surface area contributed by atoms with Gasteiger partial charge < -0.3 is 15.4 Å². The fourth-order valence-corrected chi connectivity index (χ4v) is 4.28. The minimum Gasteiger partial charge on any atom is -0.491 e. The number of urea groups is 1. The number of ether oxygens (including phenoxy) is 1. The van der Waals surface area contributed by atoms with Gasteiger partial charge in [0.2, 0.25) is 5.91 Å². The number of aryl methyl sites for hydroxylation is 2. The molecule has 1 saturated heterocycles. The molecule has 2 atom stereocenters. The Morgan fingerprint density at radius 1 is 1.12 bits per heavy atom. The van der Waals surface area contributed by atoms with Crippen LogP contribution in [0.15, 0.2) is 48.5 Å². The van der Waals surface area contributed by atoms with Gasteiger partial charge in [0.15, 0.2) is 0 Å². The van der Waals surface area contributed by atoms with Gasteiger partial charge in [0.1, 0.15) is 24.4 Å². The maximum atomic E-state index is 12.9. The Morgan fingerprint density at radius 2 is 1.78 bits per heavy atom. The van der Waals surface area contributed by atoms with Crippen molar-refractivity contribution in [3.63, 3.8) is 0 Å². The number of carbonyl (C=O) groups excluding carboxylic acids is 3. The average molecular weight is 436 g/mol. The number of benzene rings is 2. The number of nitrogens with one attached hydrogen (secondary N) is 2. The van der Waals surface area contributed by atoms with Crippen molar-refractivity contribution >= 4 is 17.8 Å². The molecule has 4 rings (SSSR count). The fourth-order valence-electron chi connectivity index (χ4n) is 4.28. The normalized spacial score (nSPS) is 21.3. The van der Waals surface area contributed by atoms with E-state index in [-0.39, 0.29) is 25.0 Å². The van der Waals surface area contributed by atoms with Crippen LogP contribution in [0.1, 0.15) is 42.5 Å². The first-order valence-corrected chi connectivity index (χ1v) is 11.0. The molecule has 168 valence electrons. The van der Waals surface area contributed by atoms with Gasteiger partial charge in [-0.3, -0.25) is 14.5 Å². The SMILES string of the molecule is Cc1cccc(C)c1OC[C@H](NC(=O)CN1C(=O)N[C@](C)(C2CC2)C1=O)c1ccccc1. The van der Waals surface area contributed by atoms with Crippen LogP contribution in [0, 0.1) is 19.8 Å². The molecule has 7 heteroatoms. The Labute approximate surface area is 188 Å². The lowest BCUT2D eigenvalue weighted by atomic mass is 9.96. The van der Waals surface area contributed by atoms with Crippen molar-refractivity contribution in [1.82, 2.24) is 15.5 Å². The molecule has 2 aromatic rings. The van der Waals surface area contributed by atoms with Gasteiger partial charge in [0, 0.05) is 0 Å². The Balaban J connectivity index is 1.46. The van der Waals surface area contributed by atoms with Crippen molar-refractivity contribution in [2.45, 2.75) is 45.2 Å². The average Bonchev–Trinajstić information content (AvgIpc) is 3.59. The molecular weight excluding hydrogens is 406 g/mol. The first-order valence-electron chi connectivity index (χ1n) is 11.0. The Hall–Kier alpha value is -3.35. The number of carbonyl (C=O) groups is 3. The van der Waals surface area contributed by atoms with Crippen molar-refractivity contribution in [3.8, 4) is 5.75 Å². The maximum Gasteiger partial charge on any atom is 0.325 e. The number of hydrogen-bond donors (Lipinski definition) is 2. The molecule has 2 fully saturated rings. The van der Waals surface area contributed by atoms with Gasteiger partial charge in [0.05, 0.1) is 6.04 Å². The minimum atomic E-state index is -0.901. The lowest BCUT2D eigenvalue weighted by molar-refractivity contribution is -0.135. The van der Waals surface area contributed by atoms with Crippen LogP contribution in [0.3, 0.4) is 0 Å². The Kier molecular flexibility index (Phi) is 5.91. The van der Waals surface area contributed by atoms with E-state index in [1.165, 1.54) is 0 Å². The second kappa shape index (κ2) is 8.65. The molecule has 32 heavy (non-hydrogen) atoms. The number of hydrogen-bond acceptors (Lipinski definition) is 4. The summed E-state index contributed by atoms with van der Waals surface area (Å²) in [5.74, 6) is 0.197. The second-order valence-electron chi connectivity index (χ2n) is 8.86. The van der Waals surface area contributed by atoms with E-state index in [0.29, 0.717) is 0 Å². The standard InChI is InChI=1S/C25H29N3O4/c1-16-8-7-9-17(2)22(16)32-15-20(18-10-5-4-6-11-18)26-21(29)14-28-23(30)25(3,19-12-13-19)27-24(28)31/h4-11,19-20H,12-15H2,1-3H3,(H,26,29)(H,27,31)/t20-,25+/m0/s1. The van der Waals surface area contributed by atoms with E-state index in [2.05, 4.69) is 10.6 Å². The highest BCUT2D eigenvalue weighted by atomic mass is 16.5. The van der Waals surface area contributed by atoms with Crippen LogP contribution in [0.5, 0.6) is 5.75 Å². The summed E-state index contributed by atoms with van der Waals surface area (Å²) in [5.41, 5.74) is 2.01. The van der Waals surface area contributed by atoms with E-state index in [0.717, 1.165) is 40.2 Å². The topological polar surface area (TPSA) is 87.7 Å². The van der Waals surface area contributed by atoms with E-state index in [4.69, 9.17) is 4.74 Å². The summed E-state index contributed by atoms with van der Waals surface area (Å²) in [5, 5.41) is 5.72. The van der Waals surface area contributed by atoms with Crippen LogP contribution in [0.2, 0.25) is 0 Å². The van der Waals surface area contributed by atoms with E-state index in [1.807, 2.05) is 62.4 Å². The molecule has 2 aromatic carbocycles. The molecule has 0 unspecified atom stereocenters. The Morgan fingerprint density at radius 3 is 2.41 bits per heavy atom. The summed E-state index contributed by atoms with van der Waals surface area (Å²) in [6.07, 6.45) is 1.82. The van der Waals surface area contributed by atoms with Crippen LogP contribution in [0.25, 0.3) is 0 Å². The third kappa shape index (κ3) is 4.33. The smallest absolute Gasteiger partial charge is 0.325 e. The van der Waals surface area contributed by atoms with Gasteiger partial charge in [-0.15, -0.1) is 0 Å². The largest absolute Gasteiger partial charge is 0.491 e. The molecule has 0 bridgehead atoms. The molecule has 1 heterocycles. The van der Waals surface area contributed by atoms with Crippen molar-refractivity contribution in [1.29, 1.82) is 0 Å². The molecule has 4 amide bonds. The number of rotatable bonds is 8. The quantitative estimate of drug-likeness (QED) is 0.623. The van der Waals surface area contributed by atoms with E-state index >= 15 is 0 Å². The van der Waals surface area contributed by atoms with Crippen molar-refractivity contribution in [3.05, 3.63) is 65.2 Å². The summed E-state index contributed by atoms with van der Waals surface area (Å²) < 4.78 is 6.10. The summed E-state index contributed by atoms with van der Waals surface area (Å²) in [6.45, 7) is 5.61. The molecule has 1 aliphatic carbocycles. The number of imide groups is 1. The van der Waals surface area contributed by atoms with E-state index < -0.39 is 23.5 Å². The molecule has 2 aliphatic rings. The van der Waals surface area contributed by atoms with Crippen LogP contribution in [-0.2, 0) is 9.59 Å². The molecule has 1 saturated carbocycles. The predicted octanol–water partition coefficient (Wildman–Crippen LogP) is 3.26. The summed E-state index contributed by atoms with van der Waals surface area (Å²) >= 11 is 0. The number of para-hydroxylation sites is 1. The van der Waals surface area contributed by atoms with Crippen LogP contribution < -0.4 is 15.4 Å². The third-order valence-electron chi connectivity index (χ3n) is 6.34. The van der Waals surface area contributed by atoms with Crippen molar-refractivity contribution in [2.75, 3.05) is 13.2 Å². The number of nitrogens with zero attached hydrogens (tertiary/aromatic N) is 1. The first kappa shape index (κ1) is 21.9. The van der Waals surface area contributed by atoms with Crippen LogP contribution in [-0.4, -0.2) is 41.4 Å². The molecule has 1 aliphatic heterocycles. The van der Waals surface area contributed by atoms with Crippen molar-refractivity contribution in [2.24, 2.45) is 5.92 Å². The lowest BCUT2D eigenvalue weighted by Gasteiger charge is -2.23. The fraction of sp³-hybridized carbons (Fsp3) is 0.400. The maximum absolute atomic E-state index is 12.9. The zero-order chi connectivity index (χ0) is 22.9. The van der Waals surface area contributed by atoms with Crippen LogP contribution >= 0.6 is 0 Å². The van der Waals surface area contributed by atoms with Gasteiger partial charge in [-0.2, -0.15) is 0 Å². The van der Waals surface area contributed by atoms with E-state index in [9.17, 15) is 14.4 Å². The third-order valence-corrected chi connectivity index (χ3v) is 6.34. The molecule has 0 aromatic heterocycles. The number of amides is 4. The highest BCUT2D eigenvalue weighted by Crippen LogP contribution is 2.42. The minimum absolute atomic E-state index is 0.148. The zero-order valence-corrected chi connectivity index (χ0v) is 18.7. The molecule has 2 N–H and O–H groups in total. The van der Waals surface area contributed by atoms with Gasteiger partial charge in [-0.25, -0.2) is 4.79 Å². The first-order chi connectivity index (χ1) is 15.3. The molecule has 0 radical (unpaired) electrons. The summed E-state index contributed by atoms with van der Waals surface area (Å²) in [7, 11) is 0. The molecule has 7 nitrogen and oxygen atoms in total. The van der Waals surface area contributed by atoms with E-state index in [1.54, 1.807) is 6.92 Å². The molecule has 0 spiro atoms. The zero-order valence-electron chi connectivity index (χ0n) is 18.7. The highest BCUT2D eigenvalue weighted by molar-refractivity contribution is 6.09. The van der Waals surface area contributed by atoms with Crippen LogP contribution in [0.4, 0.5) is 4.79 Å². The highest BCUT2D eigenvalue weighted by Gasteiger charge is 2.56. The summed E-state index contributed by atoms with van der Waals surface area (Å²) in [6, 6.07) is 14.5.